The molecule has 0 aliphatic carbocycles. The molecule has 0 fully saturated rings. The van der Waals surface area contributed by atoms with Crippen LogP contribution >= 0.6 is 0 Å². The minimum atomic E-state index is -4.48. The van der Waals surface area contributed by atoms with Crippen LogP contribution in [0, 0.1) is 0 Å². The molecule has 3 N–H and O–H groups in total. The summed E-state index contributed by atoms with van der Waals surface area (Å²) in [5.74, 6) is 0. The molecule has 0 aliphatic rings. The van der Waals surface area contributed by atoms with Crippen molar-refractivity contribution in [3.8, 4) is 11.3 Å². The van der Waals surface area contributed by atoms with Gasteiger partial charge in [0, 0.05) is 27.9 Å². The molecule has 0 unspecified atom stereocenters. The second kappa shape index (κ2) is 9.57. The molecule has 2 heterocycles. The van der Waals surface area contributed by atoms with Gasteiger partial charge in [0.1, 0.15) is 16.3 Å². The summed E-state index contributed by atoms with van der Waals surface area (Å²) in [6.07, 6.45) is 3.30. The summed E-state index contributed by atoms with van der Waals surface area (Å²) in [4.78, 5) is 8.65. The van der Waals surface area contributed by atoms with Crippen LogP contribution in [0.4, 0.5) is 17.1 Å². The first-order valence-electron chi connectivity index (χ1n) is 9.92. The summed E-state index contributed by atoms with van der Waals surface area (Å²) in [5, 5.41) is 10.1. The average Bonchev–Trinajstić information content (AvgIpc) is 2.83. The quantitative estimate of drug-likeness (QED) is 0.161. The van der Waals surface area contributed by atoms with E-state index in [1.54, 1.807) is 42.7 Å². The monoisotopic (exact) mass is 479 g/mol. The number of para-hydroxylation sites is 1. The standard InChI is InChI=1S/C24H17N5O3S.Na.H/c25-23-18-8-2-1-7-17(18)22(33(30,31)32)13-21(23)29-28-16-10-11-20(27-14-16)19-9-3-5-15-6-4-12-26-24(15)19;;/h1-14H,25H2,(H,30,31,32);;. The van der Waals surface area contributed by atoms with E-state index in [1.807, 2.05) is 36.4 Å². The molecule has 0 amide bonds. The van der Waals surface area contributed by atoms with Crippen LogP contribution in [0.3, 0.4) is 0 Å². The van der Waals surface area contributed by atoms with Crippen LogP contribution in [0.2, 0.25) is 0 Å². The first-order chi connectivity index (χ1) is 15.9. The number of pyridine rings is 2. The maximum absolute atomic E-state index is 11.9. The van der Waals surface area contributed by atoms with Crippen LogP contribution in [-0.4, -0.2) is 52.5 Å². The van der Waals surface area contributed by atoms with Gasteiger partial charge in [0.05, 0.1) is 23.1 Å². The summed E-state index contributed by atoms with van der Waals surface area (Å²) >= 11 is 0. The van der Waals surface area contributed by atoms with Crippen molar-refractivity contribution in [2.75, 3.05) is 5.73 Å². The zero-order valence-corrected chi connectivity index (χ0v) is 17.9. The number of nitrogens with zero attached hydrogens (tertiary/aromatic N) is 4. The van der Waals surface area contributed by atoms with Gasteiger partial charge in [-0.25, -0.2) is 0 Å². The summed E-state index contributed by atoms with van der Waals surface area (Å²) in [6.45, 7) is 0. The molecule has 0 saturated carbocycles. The van der Waals surface area contributed by atoms with Gasteiger partial charge in [-0.15, -0.1) is 10.2 Å². The summed E-state index contributed by atoms with van der Waals surface area (Å²) in [6, 6.07) is 21.1. The van der Waals surface area contributed by atoms with E-state index in [-0.39, 0.29) is 45.8 Å². The maximum atomic E-state index is 11.9. The number of nitrogen functional groups attached to an aromatic ring is 1. The molecule has 0 saturated heterocycles. The molecule has 5 aromatic rings. The first kappa shape index (κ1) is 23.9. The van der Waals surface area contributed by atoms with Crippen molar-refractivity contribution < 1.29 is 13.0 Å². The third-order valence-corrected chi connectivity index (χ3v) is 6.13. The number of hydrogen-bond acceptors (Lipinski definition) is 7. The van der Waals surface area contributed by atoms with Crippen molar-refractivity contribution in [3.05, 3.63) is 85.2 Å². The molecule has 0 aliphatic heterocycles. The summed E-state index contributed by atoms with van der Waals surface area (Å²) in [5.41, 5.74) is 9.51. The van der Waals surface area contributed by atoms with E-state index >= 15 is 0 Å². The van der Waals surface area contributed by atoms with Crippen molar-refractivity contribution >= 4 is 78.4 Å². The van der Waals surface area contributed by atoms with E-state index in [9.17, 15) is 13.0 Å². The number of benzene rings is 3. The fraction of sp³-hybridized carbons (Fsp3) is 0. The Kier molecular flexibility index (Phi) is 6.74. The zero-order valence-electron chi connectivity index (χ0n) is 17.1. The van der Waals surface area contributed by atoms with Gasteiger partial charge in [-0.1, -0.05) is 48.5 Å². The van der Waals surface area contributed by atoms with Crippen molar-refractivity contribution in [2.45, 2.75) is 4.90 Å². The topological polar surface area (TPSA) is 131 Å². The fourth-order valence-electron chi connectivity index (χ4n) is 3.67. The van der Waals surface area contributed by atoms with E-state index in [4.69, 9.17) is 5.73 Å². The summed E-state index contributed by atoms with van der Waals surface area (Å²) < 4.78 is 33.4. The normalized spacial score (nSPS) is 11.7. The van der Waals surface area contributed by atoms with Crippen LogP contribution in [0.1, 0.15) is 0 Å². The molecule has 0 spiro atoms. The molecule has 0 radical (unpaired) electrons. The van der Waals surface area contributed by atoms with Crippen LogP contribution in [-0.2, 0) is 10.1 Å². The van der Waals surface area contributed by atoms with Crippen molar-refractivity contribution in [3.63, 3.8) is 0 Å². The Labute approximate surface area is 217 Å². The molecule has 34 heavy (non-hydrogen) atoms. The van der Waals surface area contributed by atoms with Gasteiger partial charge in [-0.05, 0) is 24.3 Å². The van der Waals surface area contributed by atoms with Crippen molar-refractivity contribution in [1.29, 1.82) is 0 Å². The van der Waals surface area contributed by atoms with Gasteiger partial charge in [0.15, 0.2) is 0 Å². The van der Waals surface area contributed by atoms with Gasteiger partial charge in [0.2, 0.25) is 0 Å². The second-order valence-corrected chi connectivity index (χ2v) is 8.70. The van der Waals surface area contributed by atoms with Gasteiger partial charge in [-0.3, -0.25) is 14.5 Å². The van der Waals surface area contributed by atoms with Crippen LogP contribution in [0.15, 0.2) is 100 Å². The number of fused-ring (bicyclic) bond motifs is 2. The Hall–Kier alpha value is -3.21. The number of anilines is 1. The zero-order chi connectivity index (χ0) is 23.0. The predicted octanol–water partition coefficient (Wildman–Crippen LogP) is 5.05. The predicted molar refractivity (Wildman–Crippen MR) is 134 cm³/mol. The molecule has 3 aromatic carbocycles. The van der Waals surface area contributed by atoms with Crippen LogP contribution < -0.4 is 5.73 Å². The third kappa shape index (κ3) is 4.56. The first-order valence-corrected chi connectivity index (χ1v) is 11.4. The fourth-order valence-corrected chi connectivity index (χ4v) is 4.39. The molecule has 0 bridgehead atoms. The average molecular weight is 479 g/mol. The van der Waals surface area contributed by atoms with E-state index in [0.29, 0.717) is 16.5 Å². The van der Waals surface area contributed by atoms with Gasteiger partial charge < -0.3 is 5.73 Å². The molecule has 0 atom stereocenters. The number of azo groups is 1. The van der Waals surface area contributed by atoms with Crippen molar-refractivity contribution in [1.82, 2.24) is 9.97 Å². The molecular formula is C24H18N5NaO3S. The molecule has 8 nitrogen and oxygen atoms in total. The number of aromatic nitrogens is 2. The van der Waals surface area contributed by atoms with E-state index < -0.39 is 10.1 Å². The van der Waals surface area contributed by atoms with E-state index in [2.05, 4.69) is 20.2 Å². The molecule has 5 rings (SSSR count). The Morgan fingerprint density at radius 3 is 2.35 bits per heavy atom. The SMILES string of the molecule is Nc1c(N=Nc2ccc(-c3cccc4cccnc34)nc2)cc(S(=O)(=O)O)c2ccccc12.[NaH]. The Bertz CT molecular complexity index is 1650. The molecular weight excluding hydrogens is 461 g/mol. The molecule has 10 heteroatoms. The summed E-state index contributed by atoms with van der Waals surface area (Å²) in [7, 11) is -4.48. The van der Waals surface area contributed by atoms with Crippen LogP contribution in [0.25, 0.3) is 32.9 Å². The van der Waals surface area contributed by atoms with Gasteiger partial charge >= 0.3 is 29.6 Å². The van der Waals surface area contributed by atoms with Crippen LogP contribution in [0.5, 0.6) is 0 Å². The second-order valence-electron chi connectivity index (χ2n) is 7.31. The minimum absolute atomic E-state index is 0. The number of nitrogens with two attached hydrogens (primary N) is 1. The van der Waals surface area contributed by atoms with E-state index in [0.717, 1.165) is 22.2 Å². The molecule has 164 valence electrons. The Balaban J connectivity index is 0.00000274. The number of hydrogen-bond donors (Lipinski definition) is 2. The Morgan fingerprint density at radius 1 is 0.853 bits per heavy atom. The Morgan fingerprint density at radius 2 is 1.62 bits per heavy atom. The number of rotatable bonds is 4. The van der Waals surface area contributed by atoms with Crippen molar-refractivity contribution in [2.24, 2.45) is 10.2 Å². The van der Waals surface area contributed by atoms with Gasteiger partial charge in [-0.2, -0.15) is 8.42 Å². The van der Waals surface area contributed by atoms with E-state index in [1.165, 1.54) is 6.07 Å². The third-order valence-electron chi connectivity index (χ3n) is 5.23. The van der Waals surface area contributed by atoms with Gasteiger partial charge in [0.25, 0.3) is 10.1 Å². The molecule has 2 aromatic heterocycles.